The van der Waals surface area contributed by atoms with E-state index in [-0.39, 0.29) is 24.0 Å². The lowest BCUT2D eigenvalue weighted by Crippen LogP contribution is -2.35. The molecule has 2 amide bonds. The van der Waals surface area contributed by atoms with Crippen molar-refractivity contribution in [2.24, 2.45) is 0 Å². The van der Waals surface area contributed by atoms with E-state index in [1.165, 1.54) is 38.2 Å². The Morgan fingerprint density at radius 3 is 2.30 bits per heavy atom. The van der Waals surface area contributed by atoms with Crippen LogP contribution in [0.2, 0.25) is 0 Å². The minimum absolute atomic E-state index is 0.00850. The molecular formula is C18H21N3O5S. The van der Waals surface area contributed by atoms with Crippen LogP contribution >= 0.6 is 0 Å². The van der Waals surface area contributed by atoms with Gasteiger partial charge in [0.05, 0.1) is 18.0 Å². The number of nitrogens with one attached hydrogen (secondary N) is 2. The average molecular weight is 391 g/mol. The topological polar surface area (TPSA) is 116 Å². The number of aliphatic hydroxyl groups excluding tert-OH is 1. The number of sulfonamides is 1. The van der Waals surface area contributed by atoms with Crippen LogP contribution in [0, 0.1) is 0 Å². The van der Waals surface area contributed by atoms with Crippen LogP contribution in [0.25, 0.3) is 0 Å². The molecule has 0 fully saturated rings. The number of anilines is 2. The maximum Gasteiger partial charge on any atom is 0.243 e. The predicted octanol–water partition coefficient (Wildman–Crippen LogP) is 1.40. The smallest absolute Gasteiger partial charge is 0.243 e. The number of amides is 2. The summed E-state index contributed by atoms with van der Waals surface area (Å²) >= 11 is 0. The molecule has 2 rings (SSSR count). The lowest BCUT2D eigenvalue weighted by atomic mass is 10.2. The summed E-state index contributed by atoms with van der Waals surface area (Å²) in [5.41, 5.74) is 1.58. The van der Waals surface area contributed by atoms with Crippen LogP contribution < -0.4 is 10.6 Å². The number of rotatable bonds is 7. The minimum Gasteiger partial charge on any atom is -0.392 e. The van der Waals surface area contributed by atoms with Crippen molar-refractivity contribution in [1.82, 2.24) is 4.31 Å². The molecule has 3 N–H and O–H groups in total. The molecule has 144 valence electrons. The summed E-state index contributed by atoms with van der Waals surface area (Å²) < 4.78 is 26.1. The number of carbonyl (C=O) groups excluding carboxylic acids is 2. The second-order valence-electron chi connectivity index (χ2n) is 5.87. The molecule has 0 bridgehead atoms. The highest BCUT2D eigenvalue weighted by atomic mass is 32.2. The van der Waals surface area contributed by atoms with Gasteiger partial charge in [0, 0.05) is 25.3 Å². The SMILES string of the molecule is CC(=O)Nc1ccc(S(=O)(=O)N(C)CC(=O)Nc2cccc(CO)c2)cc1. The highest BCUT2D eigenvalue weighted by Gasteiger charge is 2.23. The van der Waals surface area contributed by atoms with E-state index in [9.17, 15) is 18.0 Å². The zero-order valence-electron chi connectivity index (χ0n) is 15.0. The fraction of sp³-hybridized carbons (Fsp3) is 0.222. The second-order valence-corrected chi connectivity index (χ2v) is 7.92. The third-order valence-electron chi connectivity index (χ3n) is 3.64. The number of hydrogen-bond acceptors (Lipinski definition) is 5. The van der Waals surface area contributed by atoms with E-state index in [4.69, 9.17) is 5.11 Å². The number of nitrogens with zero attached hydrogens (tertiary/aromatic N) is 1. The highest BCUT2D eigenvalue weighted by Crippen LogP contribution is 2.18. The first-order valence-electron chi connectivity index (χ1n) is 8.06. The molecule has 27 heavy (non-hydrogen) atoms. The van der Waals surface area contributed by atoms with Gasteiger partial charge in [0.1, 0.15) is 0 Å². The summed E-state index contributed by atoms with van der Waals surface area (Å²) in [6.45, 7) is 0.818. The van der Waals surface area contributed by atoms with Crippen molar-refractivity contribution in [3.05, 3.63) is 54.1 Å². The first-order valence-corrected chi connectivity index (χ1v) is 9.50. The number of hydrogen-bond donors (Lipinski definition) is 3. The van der Waals surface area contributed by atoms with E-state index in [2.05, 4.69) is 10.6 Å². The summed E-state index contributed by atoms with van der Waals surface area (Å²) in [6.07, 6.45) is 0. The molecular weight excluding hydrogens is 370 g/mol. The predicted molar refractivity (Wildman–Crippen MR) is 102 cm³/mol. The summed E-state index contributed by atoms with van der Waals surface area (Å²) in [7, 11) is -2.56. The Hall–Kier alpha value is -2.75. The van der Waals surface area contributed by atoms with E-state index in [1.54, 1.807) is 24.3 Å². The Balaban J connectivity index is 2.05. The van der Waals surface area contributed by atoms with Gasteiger partial charge in [0.15, 0.2) is 0 Å². The molecule has 0 aromatic heterocycles. The van der Waals surface area contributed by atoms with Crippen molar-refractivity contribution in [1.29, 1.82) is 0 Å². The molecule has 0 aliphatic rings. The minimum atomic E-state index is -3.86. The van der Waals surface area contributed by atoms with Gasteiger partial charge in [0.2, 0.25) is 21.8 Å². The molecule has 0 unspecified atom stereocenters. The molecule has 0 saturated heterocycles. The van der Waals surface area contributed by atoms with Gasteiger partial charge in [-0.2, -0.15) is 4.31 Å². The van der Waals surface area contributed by atoms with Crippen LogP contribution in [0.4, 0.5) is 11.4 Å². The van der Waals surface area contributed by atoms with E-state index < -0.39 is 15.9 Å². The van der Waals surface area contributed by atoms with Crippen LogP contribution in [0.3, 0.4) is 0 Å². The van der Waals surface area contributed by atoms with Gasteiger partial charge in [-0.1, -0.05) is 12.1 Å². The number of aliphatic hydroxyl groups is 1. The molecule has 0 radical (unpaired) electrons. The summed E-state index contributed by atoms with van der Waals surface area (Å²) in [6, 6.07) is 12.3. The van der Waals surface area contributed by atoms with Gasteiger partial charge in [-0.3, -0.25) is 9.59 Å². The molecule has 0 atom stereocenters. The Morgan fingerprint density at radius 2 is 1.70 bits per heavy atom. The van der Waals surface area contributed by atoms with Gasteiger partial charge >= 0.3 is 0 Å². The van der Waals surface area contributed by atoms with Crippen molar-refractivity contribution in [2.45, 2.75) is 18.4 Å². The van der Waals surface area contributed by atoms with Crippen molar-refractivity contribution < 1.29 is 23.1 Å². The third kappa shape index (κ3) is 5.61. The Kier molecular flexibility index (Phi) is 6.67. The van der Waals surface area contributed by atoms with Crippen molar-refractivity contribution in [2.75, 3.05) is 24.2 Å². The van der Waals surface area contributed by atoms with Crippen molar-refractivity contribution >= 4 is 33.2 Å². The molecule has 0 saturated carbocycles. The first kappa shape index (κ1) is 20.6. The molecule has 0 heterocycles. The van der Waals surface area contributed by atoms with E-state index in [1.807, 2.05) is 0 Å². The van der Waals surface area contributed by atoms with Gasteiger partial charge in [-0.25, -0.2) is 8.42 Å². The molecule has 0 aliphatic carbocycles. The van der Waals surface area contributed by atoms with Crippen LogP contribution in [0.5, 0.6) is 0 Å². The number of benzene rings is 2. The largest absolute Gasteiger partial charge is 0.392 e. The maximum atomic E-state index is 12.6. The Bertz CT molecular complexity index is 926. The first-order chi connectivity index (χ1) is 12.7. The van der Waals surface area contributed by atoms with Crippen LogP contribution in [-0.2, 0) is 26.2 Å². The fourth-order valence-electron chi connectivity index (χ4n) is 2.33. The normalized spacial score (nSPS) is 11.3. The zero-order chi connectivity index (χ0) is 20.0. The maximum absolute atomic E-state index is 12.6. The van der Waals surface area contributed by atoms with E-state index >= 15 is 0 Å². The van der Waals surface area contributed by atoms with Gasteiger partial charge in [-0.15, -0.1) is 0 Å². The van der Waals surface area contributed by atoms with Gasteiger partial charge < -0.3 is 15.7 Å². The quantitative estimate of drug-likeness (QED) is 0.660. The van der Waals surface area contributed by atoms with Crippen LogP contribution in [0.1, 0.15) is 12.5 Å². The number of likely N-dealkylation sites (N-methyl/N-ethyl adjacent to an activating group) is 1. The molecule has 2 aromatic rings. The fourth-order valence-corrected chi connectivity index (χ4v) is 3.46. The van der Waals surface area contributed by atoms with E-state index in [0.717, 1.165) is 4.31 Å². The van der Waals surface area contributed by atoms with Crippen LogP contribution in [-0.4, -0.2) is 43.2 Å². The Morgan fingerprint density at radius 1 is 1.04 bits per heavy atom. The third-order valence-corrected chi connectivity index (χ3v) is 5.46. The van der Waals surface area contributed by atoms with Crippen molar-refractivity contribution in [3.8, 4) is 0 Å². The zero-order valence-corrected chi connectivity index (χ0v) is 15.8. The molecule has 0 spiro atoms. The standard InChI is InChI=1S/C18H21N3O5S/c1-13(23)19-15-6-8-17(9-7-15)27(25,26)21(2)11-18(24)20-16-5-3-4-14(10-16)12-22/h3-10,22H,11-12H2,1-2H3,(H,19,23)(H,20,24). The molecule has 9 heteroatoms. The lowest BCUT2D eigenvalue weighted by Gasteiger charge is -2.17. The summed E-state index contributed by atoms with van der Waals surface area (Å²) in [5.74, 6) is -0.768. The summed E-state index contributed by atoms with van der Waals surface area (Å²) in [5, 5.41) is 14.3. The monoisotopic (exact) mass is 391 g/mol. The van der Waals surface area contributed by atoms with Gasteiger partial charge in [-0.05, 0) is 42.0 Å². The van der Waals surface area contributed by atoms with Gasteiger partial charge in [0.25, 0.3) is 0 Å². The number of carbonyl (C=O) groups is 2. The Labute approximate surface area is 157 Å². The van der Waals surface area contributed by atoms with Crippen LogP contribution in [0.15, 0.2) is 53.4 Å². The molecule has 2 aromatic carbocycles. The van der Waals surface area contributed by atoms with E-state index in [0.29, 0.717) is 16.9 Å². The summed E-state index contributed by atoms with van der Waals surface area (Å²) in [4.78, 5) is 23.2. The second kappa shape index (κ2) is 8.76. The van der Waals surface area contributed by atoms with Crippen molar-refractivity contribution in [3.63, 3.8) is 0 Å². The lowest BCUT2D eigenvalue weighted by molar-refractivity contribution is -0.116. The highest BCUT2D eigenvalue weighted by molar-refractivity contribution is 7.89. The molecule has 0 aliphatic heterocycles. The average Bonchev–Trinajstić information content (AvgIpc) is 2.61. The molecule has 8 nitrogen and oxygen atoms in total.